The van der Waals surface area contributed by atoms with Gasteiger partial charge in [0.05, 0.1) is 0 Å². The molecule has 1 N–H and O–H groups in total. The quantitative estimate of drug-likeness (QED) is 0.863. The molecule has 0 saturated carbocycles. The van der Waals surface area contributed by atoms with Crippen LogP contribution in [0.3, 0.4) is 0 Å². The number of benzene rings is 2. The number of nitrogens with one attached hydrogen (secondary N) is 1. The lowest BCUT2D eigenvalue weighted by atomic mass is 9.74. The molecule has 2 unspecified atom stereocenters. The molecule has 2 atom stereocenters. The molecule has 20 heavy (non-hydrogen) atoms. The summed E-state index contributed by atoms with van der Waals surface area (Å²) < 4.78 is 0. The fraction of sp³-hybridized carbons (Fsp3) is 0.333. The third kappa shape index (κ3) is 2.36. The van der Waals surface area contributed by atoms with E-state index in [-0.39, 0.29) is 0 Å². The van der Waals surface area contributed by atoms with Crippen LogP contribution in [-0.4, -0.2) is 7.05 Å². The van der Waals surface area contributed by atoms with Crippen molar-refractivity contribution in [3.05, 3.63) is 69.7 Å². The van der Waals surface area contributed by atoms with Crippen LogP contribution in [0.15, 0.2) is 42.5 Å². The topological polar surface area (TPSA) is 12.0 Å². The molecule has 2 aromatic carbocycles. The van der Waals surface area contributed by atoms with Gasteiger partial charge in [0.2, 0.25) is 0 Å². The van der Waals surface area contributed by atoms with Gasteiger partial charge in [-0.3, -0.25) is 0 Å². The van der Waals surface area contributed by atoms with Crippen LogP contribution in [0.5, 0.6) is 0 Å². The second-order valence-corrected chi connectivity index (χ2v) is 6.03. The van der Waals surface area contributed by atoms with E-state index in [9.17, 15) is 0 Å². The molecule has 1 nitrogen and oxygen atoms in total. The van der Waals surface area contributed by atoms with Crippen molar-refractivity contribution in [3.63, 3.8) is 0 Å². The Labute approximate surface area is 126 Å². The number of fused-ring (bicyclic) bond motifs is 1. The van der Waals surface area contributed by atoms with Gasteiger partial charge in [0.1, 0.15) is 0 Å². The second kappa shape index (κ2) is 5.59. The van der Waals surface area contributed by atoms with Gasteiger partial charge in [0.25, 0.3) is 0 Å². The maximum absolute atomic E-state index is 6.47. The average molecular weight is 286 g/mol. The zero-order valence-electron chi connectivity index (χ0n) is 12.0. The molecule has 2 heteroatoms. The monoisotopic (exact) mass is 285 g/mol. The summed E-state index contributed by atoms with van der Waals surface area (Å²) in [5.74, 6) is 0.653. The van der Waals surface area contributed by atoms with Crippen LogP contribution in [0.4, 0.5) is 0 Å². The SMILES string of the molecule is CNC(CC1Cc2ccccc21)c1cccc(C)c1Cl. The summed E-state index contributed by atoms with van der Waals surface area (Å²) in [6.45, 7) is 2.07. The van der Waals surface area contributed by atoms with Gasteiger partial charge in [-0.05, 0) is 55.0 Å². The lowest BCUT2D eigenvalue weighted by Crippen LogP contribution is -2.25. The van der Waals surface area contributed by atoms with E-state index in [2.05, 4.69) is 54.7 Å². The second-order valence-electron chi connectivity index (χ2n) is 5.65. The highest BCUT2D eigenvalue weighted by molar-refractivity contribution is 6.32. The summed E-state index contributed by atoms with van der Waals surface area (Å²) in [5.41, 5.74) is 5.39. The number of rotatable bonds is 4. The average Bonchev–Trinajstić information content (AvgIpc) is 2.44. The lowest BCUT2D eigenvalue weighted by Gasteiger charge is -2.33. The number of hydrogen-bond donors (Lipinski definition) is 1. The fourth-order valence-corrected chi connectivity index (χ4v) is 3.45. The number of hydrogen-bond acceptors (Lipinski definition) is 1. The fourth-order valence-electron chi connectivity index (χ4n) is 3.20. The minimum absolute atomic E-state index is 0.320. The Bertz CT molecular complexity index is 621. The Morgan fingerprint density at radius 3 is 2.75 bits per heavy atom. The van der Waals surface area contributed by atoms with Crippen molar-refractivity contribution in [1.29, 1.82) is 0 Å². The van der Waals surface area contributed by atoms with Crippen LogP contribution in [0, 0.1) is 6.92 Å². The van der Waals surface area contributed by atoms with Gasteiger partial charge in [-0.25, -0.2) is 0 Å². The van der Waals surface area contributed by atoms with Crippen molar-refractivity contribution < 1.29 is 0 Å². The van der Waals surface area contributed by atoms with Gasteiger partial charge in [0.15, 0.2) is 0 Å². The molecule has 0 radical (unpaired) electrons. The molecule has 0 heterocycles. The van der Waals surface area contributed by atoms with Crippen molar-refractivity contribution in [2.24, 2.45) is 0 Å². The van der Waals surface area contributed by atoms with E-state index < -0.39 is 0 Å². The third-order valence-electron chi connectivity index (χ3n) is 4.43. The summed E-state index contributed by atoms with van der Waals surface area (Å²) in [5, 5.41) is 4.33. The standard InChI is InChI=1S/C18H20ClN/c1-12-6-5-9-16(18(12)19)17(20-2)11-14-10-13-7-3-4-8-15(13)14/h3-9,14,17,20H,10-11H2,1-2H3. The van der Waals surface area contributed by atoms with Gasteiger partial charge in [-0.15, -0.1) is 0 Å². The van der Waals surface area contributed by atoms with Crippen LogP contribution >= 0.6 is 11.6 Å². The molecule has 0 amide bonds. The van der Waals surface area contributed by atoms with E-state index in [4.69, 9.17) is 11.6 Å². The van der Waals surface area contributed by atoms with Gasteiger partial charge in [0, 0.05) is 11.1 Å². The largest absolute Gasteiger partial charge is 0.313 e. The Morgan fingerprint density at radius 2 is 2.00 bits per heavy atom. The molecule has 104 valence electrons. The molecule has 2 aromatic rings. The smallest absolute Gasteiger partial charge is 0.0482 e. The van der Waals surface area contributed by atoms with Crippen molar-refractivity contribution in [2.75, 3.05) is 7.05 Å². The first kappa shape index (κ1) is 13.7. The minimum Gasteiger partial charge on any atom is -0.313 e. The summed E-state index contributed by atoms with van der Waals surface area (Å²) in [6, 6.07) is 15.4. The zero-order chi connectivity index (χ0) is 14.1. The van der Waals surface area contributed by atoms with E-state index in [0.717, 1.165) is 17.0 Å². The van der Waals surface area contributed by atoms with E-state index >= 15 is 0 Å². The first-order valence-corrected chi connectivity index (χ1v) is 7.58. The molecular formula is C18H20ClN. The van der Waals surface area contributed by atoms with Gasteiger partial charge >= 0.3 is 0 Å². The molecule has 0 bridgehead atoms. The molecule has 0 saturated heterocycles. The van der Waals surface area contributed by atoms with E-state index in [1.54, 1.807) is 0 Å². The van der Waals surface area contributed by atoms with Crippen molar-refractivity contribution in [2.45, 2.75) is 31.7 Å². The predicted molar refractivity (Wildman–Crippen MR) is 85.5 cm³/mol. The Kier molecular flexibility index (Phi) is 3.82. The molecule has 0 aliphatic heterocycles. The lowest BCUT2D eigenvalue weighted by molar-refractivity contribution is 0.452. The predicted octanol–water partition coefficient (Wildman–Crippen LogP) is 4.64. The Balaban J connectivity index is 1.81. The van der Waals surface area contributed by atoms with Gasteiger partial charge < -0.3 is 5.32 Å². The molecule has 0 spiro atoms. The number of aryl methyl sites for hydroxylation is 1. The first-order valence-electron chi connectivity index (χ1n) is 7.20. The highest BCUT2D eigenvalue weighted by Gasteiger charge is 2.28. The third-order valence-corrected chi connectivity index (χ3v) is 4.94. The Hall–Kier alpha value is -1.31. The molecule has 3 rings (SSSR count). The number of halogens is 1. The molecule has 1 aliphatic rings. The van der Waals surface area contributed by atoms with Crippen LogP contribution in [0.2, 0.25) is 5.02 Å². The maximum atomic E-state index is 6.47. The van der Waals surface area contributed by atoms with Crippen molar-refractivity contribution in [3.8, 4) is 0 Å². The highest BCUT2D eigenvalue weighted by Crippen LogP contribution is 2.41. The van der Waals surface area contributed by atoms with Crippen LogP contribution in [0.1, 0.15) is 40.6 Å². The molecule has 0 aromatic heterocycles. The molecular weight excluding hydrogens is 266 g/mol. The maximum Gasteiger partial charge on any atom is 0.0482 e. The molecule has 1 aliphatic carbocycles. The zero-order valence-corrected chi connectivity index (χ0v) is 12.7. The highest BCUT2D eigenvalue weighted by atomic mass is 35.5. The normalized spacial score (nSPS) is 18.2. The van der Waals surface area contributed by atoms with Crippen LogP contribution in [0.25, 0.3) is 0 Å². The van der Waals surface area contributed by atoms with Gasteiger partial charge in [-0.2, -0.15) is 0 Å². The Morgan fingerprint density at radius 1 is 1.20 bits per heavy atom. The molecule has 0 fully saturated rings. The van der Waals surface area contributed by atoms with Crippen molar-refractivity contribution >= 4 is 11.6 Å². The summed E-state index contributed by atoms with van der Waals surface area (Å²) >= 11 is 6.47. The van der Waals surface area contributed by atoms with Crippen molar-refractivity contribution in [1.82, 2.24) is 5.32 Å². The summed E-state index contributed by atoms with van der Waals surface area (Å²) in [4.78, 5) is 0. The van der Waals surface area contributed by atoms with Crippen LogP contribution < -0.4 is 5.32 Å². The first-order chi connectivity index (χ1) is 9.70. The summed E-state index contributed by atoms with van der Waals surface area (Å²) in [6.07, 6.45) is 2.30. The van der Waals surface area contributed by atoms with Crippen LogP contribution in [-0.2, 0) is 6.42 Å². The van der Waals surface area contributed by atoms with E-state index in [1.165, 1.54) is 23.1 Å². The minimum atomic E-state index is 0.320. The van der Waals surface area contributed by atoms with E-state index in [0.29, 0.717) is 12.0 Å². The summed E-state index contributed by atoms with van der Waals surface area (Å²) in [7, 11) is 2.02. The van der Waals surface area contributed by atoms with E-state index in [1.807, 2.05) is 7.05 Å². The van der Waals surface area contributed by atoms with Gasteiger partial charge in [-0.1, -0.05) is 54.1 Å².